The fraction of sp³-hybridized carbons (Fsp3) is 0.474. The minimum absolute atomic E-state index is 0.0196. The average Bonchev–Trinajstić information content (AvgIpc) is 3.03. The van der Waals surface area contributed by atoms with E-state index in [0.717, 1.165) is 23.7 Å². The smallest absolute Gasteiger partial charge is 0.383 e. The van der Waals surface area contributed by atoms with Gasteiger partial charge in [0, 0.05) is 31.4 Å². The van der Waals surface area contributed by atoms with Gasteiger partial charge in [-0.1, -0.05) is 6.07 Å². The lowest BCUT2D eigenvalue weighted by Gasteiger charge is -2.27. The maximum absolute atomic E-state index is 13.7. The fourth-order valence-electron chi connectivity index (χ4n) is 4.18. The molecule has 0 bridgehead atoms. The summed E-state index contributed by atoms with van der Waals surface area (Å²) >= 11 is 0. The number of nitrogen functional groups attached to an aromatic ring is 1. The summed E-state index contributed by atoms with van der Waals surface area (Å²) in [5.41, 5.74) is 10.3. The number of benzene rings is 1. The quantitative estimate of drug-likeness (QED) is 0.825. The summed E-state index contributed by atoms with van der Waals surface area (Å²) < 4.78 is 42.2. The number of halogens is 3. The van der Waals surface area contributed by atoms with Crippen molar-refractivity contribution in [1.29, 1.82) is 0 Å². The van der Waals surface area contributed by atoms with Crippen molar-refractivity contribution in [3.63, 3.8) is 0 Å². The summed E-state index contributed by atoms with van der Waals surface area (Å²) in [6, 6.07) is 5.55. The van der Waals surface area contributed by atoms with Crippen LogP contribution >= 0.6 is 0 Å². The standard InChI is InChI=1S/C19H22F3N5O/c1-10(26-8-13-14(9-26)17(13)24)6-11-2-3-12(7-15(11)19(20,21)22)27-5-4-16(23)25-18(27)28/h2-5,7,10,13-14,17H,6,8-9,24H2,1H3,(H2,23,25,28)/t10?,13-,14+,17?. The zero-order valence-corrected chi connectivity index (χ0v) is 15.4. The third kappa shape index (κ3) is 3.40. The van der Waals surface area contributed by atoms with Crippen molar-refractivity contribution in [2.45, 2.75) is 31.6 Å². The molecule has 4 rings (SSSR count). The lowest BCUT2D eigenvalue weighted by atomic mass is 9.98. The van der Waals surface area contributed by atoms with Crippen molar-refractivity contribution in [2.75, 3.05) is 18.8 Å². The number of nitrogens with two attached hydrogens (primary N) is 2. The Morgan fingerprint density at radius 2 is 1.93 bits per heavy atom. The SMILES string of the molecule is CC(Cc1ccc(-n2ccc(N)nc2=O)cc1C(F)(F)F)N1C[C@@H]2C(N)[C@@H]2C1. The van der Waals surface area contributed by atoms with Gasteiger partial charge in [-0.05, 0) is 48.9 Å². The van der Waals surface area contributed by atoms with Crippen molar-refractivity contribution in [3.05, 3.63) is 52.1 Å². The molecule has 2 fully saturated rings. The molecular formula is C19H22F3N5O. The van der Waals surface area contributed by atoms with Crippen LogP contribution < -0.4 is 17.2 Å². The minimum atomic E-state index is -4.52. The lowest BCUT2D eigenvalue weighted by molar-refractivity contribution is -0.138. The van der Waals surface area contributed by atoms with Crippen molar-refractivity contribution in [3.8, 4) is 5.69 Å². The van der Waals surface area contributed by atoms with Crippen LogP contribution in [0.3, 0.4) is 0 Å². The van der Waals surface area contributed by atoms with Gasteiger partial charge in [0.15, 0.2) is 0 Å². The summed E-state index contributed by atoms with van der Waals surface area (Å²) in [6.07, 6.45) is -2.92. The van der Waals surface area contributed by atoms with Crippen LogP contribution in [-0.2, 0) is 12.6 Å². The molecule has 1 aromatic carbocycles. The van der Waals surface area contributed by atoms with E-state index in [1.54, 1.807) is 0 Å². The van der Waals surface area contributed by atoms with Crippen molar-refractivity contribution in [2.24, 2.45) is 17.6 Å². The molecule has 2 aliphatic rings. The number of hydrogen-bond acceptors (Lipinski definition) is 5. The predicted octanol–water partition coefficient (Wildman–Crippen LogP) is 1.65. The molecule has 0 spiro atoms. The minimum Gasteiger partial charge on any atom is -0.383 e. The highest BCUT2D eigenvalue weighted by Gasteiger charge is 2.54. The van der Waals surface area contributed by atoms with E-state index in [-0.39, 0.29) is 35.6 Å². The van der Waals surface area contributed by atoms with Gasteiger partial charge in [0.1, 0.15) is 5.82 Å². The number of hydrogen-bond donors (Lipinski definition) is 2. The van der Waals surface area contributed by atoms with E-state index >= 15 is 0 Å². The molecule has 0 amide bonds. The van der Waals surface area contributed by atoms with Gasteiger partial charge >= 0.3 is 11.9 Å². The van der Waals surface area contributed by atoms with Crippen LogP contribution in [0.15, 0.2) is 35.3 Å². The van der Waals surface area contributed by atoms with Gasteiger partial charge in [0.05, 0.1) is 11.3 Å². The second-order valence-corrected chi connectivity index (χ2v) is 7.76. The number of alkyl halides is 3. The molecule has 4 atom stereocenters. The number of fused-ring (bicyclic) bond motifs is 1. The molecule has 0 radical (unpaired) electrons. The largest absolute Gasteiger partial charge is 0.416 e. The highest BCUT2D eigenvalue weighted by molar-refractivity contribution is 5.43. The topological polar surface area (TPSA) is 90.2 Å². The number of likely N-dealkylation sites (tertiary alicyclic amines) is 1. The van der Waals surface area contributed by atoms with Gasteiger partial charge in [0.2, 0.25) is 0 Å². The molecule has 1 aliphatic heterocycles. The normalized spacial score (nSPS) is 25.5. The predicted molar refractivity (Wildman–Crippen MR) is 98.9 cm³/mol. The Labute approximate surface area is 160 Å². The Bertz CT molecular complexity index is 945. The summed E-state index contributed by atoms with van der Waals surface area (Å²) in [5.74, 6) is 0.986. The Balaban J connectivity index is 1.61. The molecular weight excluding hydrogens is 371 g/mol. The highest BCUT2D eigenvalue weighted by Crippen LogP contribution is 2.45. The number of aromatic nitrogens is 2. The number of rotatable bonds is 4. The molecule has 4 N–H and O–H groups in total. The van der Waals surface area contributed by atoms with E-state index in [9.17, 15) is 18.0 Å². The van der Waals surface area contributed by atoms with Gasteiger partial charge in [-0.2, -0.15) is 18.2 Å². The summed E-state index contributed by atoms with van der Waals surface area (Å²) in [7, 11) is 0. The Morgan fingerprint density at radius 3 is 2.54 bits per heavy atom. The number of piperidine rings is 1. The second-order valence-electron chi connectivity index (χ2n) is 7.76. The van der Waals surface area contributed by atoms with Crippen molar-refractivity contribution in [1.82, 2.24) is 14.5 Å². The summed E-state index contributed by atoms with van der Waals surface area (Å²) in [6.45, 7) is 3.64. The zero-order chi connectivity index (χ0) is 20.2. The second kappa shape index (κ2) is 6.59. The highest BCUT2D eigenvalue weighted by atomic mass is 19.4. The molecule has 2 aromatic rings. The van der Waals surface area contributed by atoms with Crippen LogP contribution in [0.2, 0.25) is 0 Å². The Morgan fingerprint density at radius 1 is 1.25 bits per heavy atom. The van der Waals surface area contributed by atoms with Gasteiger partial charge in [-0.3, -0.25) is 9.47 Å². The first-order valence-corrected chi connectivity index (χ1v) is 9.20. The number of anilines is 1. The summed E-state index contributed by atoms with van der Waals surface area (Å²) in [5, 5.41) is 0. The molecule has 28 heavy (non-hydrogen) atoms. The van der Waals surface area contributed by atoms with Gasteiger partial charge in [0.25, 0.3) is 0 Å². The molecule has 2 unspecified atom stereocenters. The van der Waals surface area contributed by atoms with Crippen LogP contribution in [0.25, 0.3) is 5.69 Å². The molecule has 1 saturated heterocycles. The summed E-state index contributed by atoms with van der Waals surface area (Å²) in [4.78, 5) is 17.8. The molecule has 6 nitrogen and oxygen atoms in total. The van der Waals surface area contributed by atoms with Gasteiger partial charge in [-0.25, -0.2) is 4.79 Å². The van der Waals surface area contributed by atoms with E-state index in [0.29, 0.717) is 11.8 Å². The van der Waals surface area contributed by atoms with Crippen LogP contribution in [-0.4, -0.2) is 39.6 Å². The Hall–Kier alpha value is -2.39. The van der Waals surface area contributed by atoms with E-state index in [1.807, 2.05) is 6.92 Å². The van der Waals surface area contributed by atoms with Gasteiger partial charge in [-0.15, -0.1) is 0 Å². The molecule has 1 aliphatic carbocycles. The van der Waals surface area contributed by atoms with Gasteiger partial charge < -0.3 is 11.5 Å². The first kappa shape index (κ1) is 18.9. The molecule has 9 heteroatoms. The third-order valence-corrected chi connectivity index (χ3v) is 5.93. The van der Waals surface area contributed by atoms with Crippen LogP contribution in [0, 0.1) is 11.8 Å². The van der Waals surface area contributed by atoms with E-state index in [4.69, 9.17) is 11.5 Å². The number of nitrogens with zero attached hydrogens (tertiary/aromatic N) is 3. The molecule has 1 aromatic heterocycles. The zero-order valence-electron chi connectivity index (χ0n) is 15.4. The van der Waals surface area contributed by atoms with Crippen molar-refractivity contribution >= 4 is 5.82 Å². The molecule has 150 valence electrons. The van der Waals surface area contributed by atoms with Crippen molar-refractivity contribution < 1.29 is 13.2 Å². The molecule has 2 heterocycles. The van der Waals surface area contributed by atoms with E-state index < -0.39 is 17.4 Å². The monoisotopic (exact) mass is 393 g/mol. The lowest BCUT2D eigenvalue weighted by Crippen LogP contribution is -2.37. The fourth-order valence-corrected chi connectivity index (χ4v) is 4.18. The van der Waals surface area contributed by atoms with Crippen LogP contribution in [0.4, 0.5) is 19.0 Å². The average molecular weight is 393 g/mol. The molecule has 1 saturated carbocycles. The Kier molecular flexibility index (Phi) is 4.46. The van der Waals surface area contributed by atoms with E-state index in [2.05, 4.69) is 9.88 Å². The first-order chi connectivity index (χ1) is 13.1. The maximum atomic E-state index is 13.7. The van der Waals surface area contributed by atoms with Crippen LogP contribution in [0.5, 0.6) is 0 Å². The van der Waals surface area contributed by atoms with E-state index in [1.165, 1.54) is 24.4 Å². The van der Waals surface area contributed by atoms with Crippen LogP contribution in [0.1, 0.15) is 18.1 Å². The third-order valence-electron chi connectivity index (χ3n) is 5.93. The maximum Gasteiger partial charge on any atom is 0.416 e. The first-order valence-electron chi connectivity index (χ1n) is 9.20.